The molecule has 1 saturated heterocycles. The summed E-state index contributed by atoms with van der Waals surface area (Å²) < 4.78 is 16.7. The molecule has 1 aromatic rings. The topological polar surface area (TPSA) is 87.9 Å². The van der Waals surface area contributed by atoms with Gasteiger partial charge >= 0.3 is 5.97 Å². The molecule has 120 valence electrons. The van der Waals surface area contributed by atoms with Crippen LogP contribution in [-0.2, 0) is 14.2 Å². The lowest BCUT2D eigenvalue weighted by molar-refractivity contribution is -0.384. The maximum atomic E-state index is 12.0. The summed E-state index contributed by atoms with van der Waals surface area (Å²) in [5.74, 6) is -1.28. The Morgan fingerprint density at radius 1 is 1.27 bits per heavy atom. The molecule has 1 atom stereocenters. The molecule has 0 aromatic heterocycles. The minimum absolute atomic E-state index is 0.0479. The predicted molar refractivity (Wildman–Crippen MR) is 77.5 cm³/mol. The smallest absolute Gasteiger partial charge is 0.338 e. The fraction of sp³-hybridized carbons (Fsp3) is 0.533. The Morgan fingerprint density at radius 2 is 1.86 bits per heavy atom. The van der Waals surface area contributed by atoms with E-state index < -0.39 is 22.3 Å². The molecule has 0 spiro atoms. The number of carbonyl (C=O) groups excluding carboxylic acids is 1. The minimum atomic E-state index is -0.728. The van der Waals surface area contributed by atoms with Crippen LogP contribution in [0.1, 0.15) is 38.1 Å². The normalized spacial score (nSPS) is 22.3. The number of rotatable bonds is 4. The van der Waals surface area contributed by atoms with Crippen LogP contribution in [0.2, 0.25) is 0 Å². The number of carbonyl (C=O) groups is 1. The van der Waals surface area contributed by atoms with E-state index in [1.165, 1.54) is 24.3 Å². The minimum Gasteiger partial charge on any atom is -0.459 e. The van der Waals surface area contributed by atoms with Crippen LogP contribution in [0.5, 0.6) is 0 Å². The average molecular weight is 309 g/mol. The fourth-order valence-corrected chi connectivity index (χ4v) is 2.40. The Bertz CT molecular complexity index is 578. The van der Waals surface area contributed by atoms with Gasteiger partial charge in [0.25, 0.3) is 5.69 Å². The Morgan fingerprint density at radius 3 is 2.32 bits per heavy atom. The van der Waals surface area contributed by atoms with E-state index in [0.717, 1.165) is 0 Å². The predicted octanol–water partition coefficient (Wildman–Crippen LogP) is 2.68. The number of nitro groups is 1. The van der Waals surface area contributed by atoms with E-state index >= 15 is 0 Å². The van der Waals surface area contributed by atoms with Crippen LogP contribution in [0, 0.1) is 10.1 Å². The van der Waals surface area contributed by atoms with Crippen LogP contribution in [0.3, 0.4) is 0 Å². The number of ether oxygens (including phenoxy) is 3. The number of non-ortho nitro benzene ring substituents is 1. The van der Waals surface area contributed by atoms with Gasteiger partial charge in [-0.1, -0.05) is 0 Å². The van der Waals surface area contributed by atoms with Crippen molar-refractivity contribution in [2.45, 2.75) is 45.2 Å². The Hall–Kier alpha value is -1.99. The Labute approximate surface area is 128 Å². The van der Waals surface area contributed by atoms with Crippen molar-refractivity contribution in [1.29, 1.82) is 0 Å². The Kier molecular flexibility index (Phi) is 4.21. The lowest BCUT2D eigenvalue weighted by atomic mass is 10.0. The summed E-state index contributed by atoms with van der Waals surface area (Å²) in [6.45, 7) is 7.38. The second-order valence-electron chi connectivity index (χ2n) is 6.11. The third kappa shape index (κ3) is 3.61. The maximum absolute atomic E-state index is 12.0. The first-order valence-corrected chi connectivity index (χ1v) is 6.90. The first-order chi connectivity index (χ1) is 10.1. The quantitative estimate of drug-likeness (QED) is 0.482. The number of benzene rings is 1. The van der Waals surface area contributed by atoms with E-state index in [-0.39, 0.29) is 24.0 Å². The highest BCUT2D eigenvalue weighted by atomic mass is 16.8. The molecule has 0 unspecified atom stereocenters. The van der Waals surface area contributed by atoms with Crippen molar-refractivity contribution < 1.29 is 23.9 Å². The van der Waals surface area contributed by atoms with Crippen molar-refractivity contribution in [3.63, 3.8) is 0 Å². The zero-order chi connectivity index (χ0) is 16.5. The summed E-state index contributed by atoms with van der Waals surface area (Å²) in [5, 5.41) is 10.6. The molecule has 1 aromatic carbocycles. The van der Waals surface area contributed by atoms with Gasteiger partial charge in [0.1, 0.15) is 12.7 Å². The third-order valence-electron chi connectivity index (χ3n) is 3.39. The molecule has 0 radical (unpaired) electrons. The second-order valence-corrected chi connectivity index (χ2v) is 6.11. The van der Waals surface area contributed by atoms with E-state index in [9.17, 15) is 14.9 Å². The van der Waals surface area contributed by atoms with E-state index in [1.807, 2.05) is 13.8 Å². The molecule has 2 rings (SSSR count). The third-order valence-corrected chi connectivity index (χ3v) is 3.39. The SMILES string of the molecule is CC1(C)O[C@H](COC(=O)c2ccc([N+](=O)[O-])cc2)C(C)(C)O1. The number of hydrogen-bond acceptors (Lipinski definition) is 6. The maximum Gasteiger partial charge on any atom is 0.338 e. The highest BCUT2D eigenvalue weighted by Gasteiger charge is 2.47. The van der Waals surface area contributed by atoms with Gasteiger partial charge in [0.15, 0.2) is 5.79 Å². The molecule has 0 saturated carbocycles. The van der Waals surface area contributed by atoms with Crippen LogP contribution >= 0.6 is 0 Å². The van der Waals surface area contributed by atoms with Crippen LogP contribution in [0.15, 0.2) is 24.3 Å². The zero-order valence-corrected chi connectivity index (χ0v) is 13.0. The first-order valence-electron chi connectivity index (χ1n) is 6.90. The highest BCUT2D eigenvalue weighted by molar-refractivity contribution is 5.89. The van der Waals surface area contributed by atoms with Crippen LogP contribution in [0.4, 0.5) is 5.69 Å². The summed E-state index contributed by atoms with van der Waals surface area (Å²) in [7, 11) is 0. The molecule has 0 aliphatic carbocycles. The van der Waals surface area contributed by atoms with Gasteiger partial charge in [-0.2, -0.15) is 0 Å². The second kappa shape index (κ2) is 5.66. The molecule has 1 aliphatic rings. The first kappa shape index (κ1) is 16.4. The van der Waals surface area contributed by atoms with Gasteiger partial charge in [0, 0.05) is 12.1 Å². The van der Waals surface area contributed by atoms with E-state index in [2.05, 4.69) is 0 Å². The molecule has 7 nitrogen and oxygen atoms in total. The summed E-state index contributed by atoms with van der Waals surface area (Å²) >= 11 is 0. The zero-order valence-electron chi connectivity index (χ0n) is 13.0. The van der Waals surface area contributed by atoms with Crippen molar-refractivity contribution in [3.8, 4) is 0 Å². The van der Waals surface area contributed by atoms with E-state index in [0.29, 0.717) is 0 Å². The Balaban J connectivity index is 1.97. The van der Waals surface area contributed by atoms with E-state index in [1.54, 1.807) is 13.8 Å². The lowest BCUT2D eigenvalue weighted by Gasteiger charge is -2.23. The summed E-state index contributed by atoms with van der Waals surface area (Å²) in [4.78, 5) is 22.0. The fourth-order valence-electron chi connectivity index (χ4n) is 2.40. The molecule has 7 heteroatoms. The van der Waals surface area contributed by atoms with Gasteiger partial charge in [-0.15, -0.1) is 0 Å². The molecule has 1 heterocycles. The molecule has 1 aliphatic heterocycles. The molecule has 1 fully saturated rings. The monoisotopic (exact) mass is 309 g/mol. The molecular weight excluding hydrogens is 290 g/mol. The molecule has 0 amide bonds. The van der Waals surface area contributed by atoms with Crippen LogP contribution in [-0.4, -0.2) is 35.0 Å². The van der Waals surface area contributed by atoms with Crippen LogP contribution < -0.4 is 0 Å². The van der Waals surface area contributed by atoms with Crippen molar-refractivity contribution >= 4 is 11.7 Å². The van der Waals surface area contributed by atoms with Gasteiger partial charge in [0.05, 0.1) is 16.1 Å². The number of nitro benzene ring substituents is 1. The summed E-state index contributed by atoms with van der Waals surface area (Å²) in [6, 6.07) is 5.25. The van der Waals surface area contributed by atoms with Crippen molar-refractivity contribution in [3.05, 3.63) is 39.9 Å². The van der Waals surface area contributed by atoms with Crippen molar-refractivity contribution in [2.75, 3.05) is 6.61 Å². The highest BCUT2D eigenvalue weighted by Crippen LogP contribution is 2.36. The van der Waals surface area contributed by atoms with Gasteiger partial charge in [-0.05, 0) is 39.8 Å². The van der Waals surface area contributed by atoms with Crippen molar-refractivity contribution in [1.82, 2.24) is 0 Å². The van der Waals surface area contributed by atoms with Gasteiger partial charge in [0.2, 0.25) is 0 Å². The molecular formula is C15H19NO6. The summed E-state index contributed by atoms with van der Waals surface area (Å²) in [6.07, 6.45) is -0.385. The standard InChI is InChI=1S/C15H19NO6/c1-14(2)12(21-15(3,4)22-14)9-20-13(17)10-5-7-11(8-6-10)16(18)19/h5-8,12H,9H2,1-4H3/t12-/m1/s1. The van der Waals surface area contributed by atoms with Gasteiger partial charge in [-0.3, -0.25) is 10.1 Å². The van der Waals surface area contributed by atoms with Gasteiger partial charge in [-0.25, -0.2) is 4.79 Å². The number of nitrogens with zero attached hydrogens (tertiary/aromatic N) is 1. The van der Waals surface area contributed by atoms with Gasteiger partial charge < -0.3 is 14.2 Å². The van der Waals surface area contributed by atoms with E-state index in [4.69, 9.17) is 14.2 Å². The van der Waals surface area contributed by atoms with Crippen molar-refractivity contribution in [2.24, 2.45) is 0 Å². The average Bonchev–Trinajstić information content (AvgIpc) is 2.63. The molecule has 22 heavy (non-hydrogen) atoms. The molecule has 0 bridgehead atoms. The lowest BCUT2D eigenvalue weighted by Crippen LogP contribution is -2.37. The number of hydrogen-bond donors (Lipinski definition) is 0. The largest absolute Gasteiger partial charge is 0.459 e. The summed E-state index contributed by atoms with van der Waals surface area (Å²) in [5.41, 5.74) is -0.396. The number of esters is 1. The molecule has 0 N–H and O–H groups in total. The van der Waals surface area contributed by atoms with Crippen LogP contribution in [0.25, 0.3) is 0 Å².